The summed E-state index contributed by atoms with van der Waals surface area (Å²) in [5.74, 6) is 0.910. The van der Waals surface area contributed by atoms with Crippen LogP contribution in [-0.4, -0.2) is 43.3 Å². The lowest BCUT2D eigenvalue weighted by atomic mass is 10.1. The number of unbranched alkanes of at least 4 members (excludes halogenated alkanes) is 2. The lowest BCUT2D eigenvalue weighted by molar-refractivity contribution is -0.130. The Morgan fingerprint density at radius 2 is 2.05 bits per heavy atom. The van der Waals surface area contributed by atoms with Crippen molar-refractivity contribution in [1.82, 2.24) is 10.2 Å². The van der Waals surface area contributed by atoms with Gasteiger partial charge < -0.3 is 9.64 Å². The van der Waals surface area contributed by atoms with Crippen molar-refractivity contribution in [2.75, 3.05) is 20.3 Å². The fourth-order valence-corrected chi connectivity index (χ4v) is 2.80. The predicted octanol–water partition coefficient (Wildman–Crippen LogP) is 2.78. The molecule has 0 saturated carbocycles. The molecule has 1 amide bonds. The van der Waals surface area contributed by atoms with Crippen molar-refractivity contribution in [2.45, 2.75) is 71.5 Å². The quantitative estimate of drug-likeness (QED) is 0.627. The molecule has 1 fully saturated rings. The maximum atomic E-state index is 12.5. The first-order valence-electron chi connectivity index (χ1n) is 8.15. The highest BCUT2D eigenvalue weighted by Gasteiger charge is 2.37. The van der Waals surface area contributed by atoms with Crippen LogP contribution in [0.5, 0.6) is 0 Å². The number of hydrogen-bond acceptors (Lipinski definition) is 3. The number of hydrogen-bond donors (Lipinski definition) is 1. The van der Waals surface area contributed by atoms with E-state index in [1.807, 2.05) is 0 Å². The van der Waals surface area contributed by atoms with E-state index in [9.17, 15) is 4.79 Å². The van der Waals surface area contributed by atoms with E-state index in [0.29, 0.717) is 11.8 Å². The summed E-state index contributed by atoms with van der Waals surface area (Å²) in [7, 11) is 1.73. The Labute approximate surface area is 124 Å². The van der Waals surface area contributed by atoms with Gasteiger partial charge in [0, 0.05) is 20.3 Å². The highest BCUT2D eigenvalue weighted by Crippen LogP contribution is 2.21. The van der Waals surface area contributed by atoms with Gasteiger partial charge in [0.15, 0.2) is 0 Å². The molecule has 0 aliphatic carbocycles. The first kappa shape index (κ1) is 17.4. The molecule has 118 valence electrons. The Morgan fingerprint density at radius 1 is 1.30 bits per heavy atom. The van der Waals surface area contributed by atoms with Crippen LogP contribution in [-0.2, 0) is 9.53 Å². The molecule has 0 spiro atoms. The van der Waals surface area contributed by atoms with Gasteiger partial charge in [-0.05, 0) is 31.6 Å². The molecule has 1 N–H and O–H groups in total. The average molecular weight is 284 g/mol. The first-order valence-corrected chi connectivity index (χ1v) is 8.15. The van der Waals surface area contributed by atoms with E-state index in [4.69, 9.17) is 4.74 Å². The smallest absolute Gasteiger partial charge is 0.241 e. The van der Waals surface area contributed by atoms with E-state index in [-0.39, 0.29) is 12.2 Å². The lowest BCUT2D eigenvalue weighted by Gasteiger charge is -2.25. The third-order valence-corrected chi connectivity index (χ3v) is 3.89. The van der Waals surface area contributed by atoms with Gasteiger partial charge in [-0.25, -0.2) is 0 Å². The zero-order valence-electron chi connectivity index (χ0n) is 13.7. The molecule has 4 heteroatoms. The highest BCUT2D eigenvalue weighted by atomic mass is 16.5. The molecular formula is C16H32N2O2. The molecular weight excluding hydrogens is 252 g/mol. The van der Waals surface area contributed by atoms with Crippen molar-refractivity contribution >= 4 is 5.91 Å². The van der Waals surface area contributed by atoms with Crippen LogP contribution in [0.25, 0.3) is 0 Å². The zero-order valence-corrected chi connectivity index (χ0v) is 13.7. The molecule has 0 aromatic heterocycles. The number of ether oxygens (including phenoxy) is 1. The van der Waals surface area contributed by atoms with Gasteiger partial charge in [-0.3, -0.25) is 10.1 Å². The molecule has 2 atom stereocenters. The van der Waals surface area contributed by atoms with Crippen LogP contribution in [0.4, 0.5) is 0 Å². The van der Waals surface area contributed by atoms with Crippen molar-refractivity contribution in [3.05, 3.63) is 0 Å². The van der Waals surface area contributed by atoms with Gasteiger partial charge in [0.05, 0.1) is 12.2 Å². The molecule has 0 bridgehead atoms. The number of methoxy groups -OCH3 is 1. The Morgan fingerprint density at radius 3 is 2.65 bits per heavy atom. The second-order valence-corrected chi connectivity index (χ2v) is 6.24. The number of nitrogens with zero attached hydrogens (tertiary/aromatic N) is 1. The molecule has 1 saturated heterocycles. The van der Waals surface area contributed by atoms with Crippen LogP contribution in [0.3, 0.4) is 0 Å². The van der Waals surface area contributed by atoms with E-state index in [1.54, 1.807) is 7.11 Å². The topological polar surface area (TPSA) is 41.6 Å². The van der Waals surface area contributed by atoms with Crippen LogP contribution in [0.1, 0.15) is 59.3 Å². The van der Waals surface area contributed by atoms with E-state index in [0.717, 1.165) is 51.7 Å². The summed E-state index contributed by atoms with van der Waals surface area (Å²) in [5.41, 5.74) is 0. The molecule has 1 aliphatic heterocycles. The van der Waals surface area contributed by atoms with E-state index < -0.39 is 0 Å². The van der Waals surface area contributed by atoms with Gasteiger partial charge in [-0.1, -0.05) is 33.6 Å². The van der Waals surface area contributed by atoms with E-state index in [2.05, 4.69) is 31.0 Å². The van der Waals surface area contributed by atoms with Crippen molar-refractivity contribution in [3.8, 4) is 0 Å². The molecule has 0 radical (unpaired) electrons. The fraction of sp³-hybridized carbons (Fsp3) is 0.938. The Balaban J connectivity index is 2.52. The van der Waals surface area contributed by atoms with Crippen molar-refractivity contribution in [2.24, 2.45) is 5.92 Å². The zero-order chi connectivity index (χ0) is 15.0. The minimum atomic E-state index is 0.0427. The summed E-state index contributed by atoms with van der Waals surface area (Å²) < 4.78 is 5.08. The SMILES string of the molecule is CCCCC1NC(CC(C)C)N(CCCCOC)C1=O. The Hall–Kier alpha value is -0.610. The molecule has 1 aliphatic rings. The Kier molecular flexibility index (Phi) is 8.15. The van der Waals surface area contributed by atoms with Crippen LogP contribution in [0.15, 0.2) is 0 Å². The average Bonchev–Trinajstić information content (AvgIpc) is 2.68. The molecule has 20 heavy (non-hydrogen) atoms. The van der Waals surface area contributed by atoms with Crippen LogP contribution in [0.2, 0.25) is 0 Å². The fourth-order valence-electron chi connectivity index (χ4n) is 2.80. The number of carbonyl (C=O) groups is 1. The van der Waals surface area contributed by atoms with Gasteiger partial charge in [0.2, 0.25) is 5.91 Å². The molecule has 0 aromatic rings. The maximum absolute atomic E-state index is 12.5. The lowest BCUT2D eigenvalue weighted by Crippen LogP contribution is -2.39. The standard InChI is InChI=1S/C16H32N2O2/c1-5-6-9-14-16(19)18(10-7-8-11-20-4)15(17-14)12-13(2)3/h13-15,17H,5-12H2,1-4H3. The van der Waals surface area contributed by atoms with Crippen LogP contribution in [0, 0.1) is 5.92 Å². The minimum absolute atomic E-state index is 0.0427. The number of amides is 1. The number of carbonyl (C=O) groups excluding carboxylic acids is 1. The summed E-state index contributed by atoms with van der Waals surface area (Å²) in [6.07, 6.45) is 6.55. The highest BCUT2D eigenvalue weighted by molar-refractivity contribution is 5.84. The second kappa shape index (κ2) is 9.35. The van der Waals surface area contributed by atoms with Gasteiger partial charge in [0.25, 0.3) is 0 Å². The molecule has 1 rings (SSSR count). The maximum Gasteiger partial charge on any atom is 0.241 e. The summed E-state index contributed by atoms with van der Waals surface area (Å²) in [4.78, 5) is 14.6. The van der Waals surface area contributed by atoms with Gasteiger partial charge in [-0.2, -0.15) is 0 Å². The third kappa shape index (κ3) is 5.41. The van der Waals surface area contributed by atoms with Crippen LogP contribution < -0.4 is 5.32 Å². The molecule has 1 heterocycles. The van der Waals surface area contributed by atoms with Crippen LogP contribution >= 0.6 is 0 Å². The number of nitrogens with one attached hydrogen (secondary N) is 1. The number of rotatable bonds is 10. The molecule has 4 nitrogen and oxygen atoms in total. The minimum Gasteiger partial charge on any atom is -0.385 e. The van der Waals surface area contributed by atoms with Crippen molar-refractivity contribution in [1.29, 1.82) is 0 Å². The summed E-state index contributed by atoms with van der Waals surface area (Å²) in [6.45, 7) is 8.25. The van der Waals surface area contributed by atoms with Crippen molar-refractivity contribution < 1.29 is 9.53 Å². The second-order valence-electron chi connectivity index (χ2n) is 6.24. The predicted molar refractivity (Wildman–Crippen MR) is 82.5 cm³/mol. The van der Waals surface area contributed by atoms with Gasteiger partial charge in [0.1, 0.15) is 0 Å². The summed E-state index contributed by atoms with van der Waals surface area (Å²) in [5, 5.41) is 3.54. The Bertz CT molecular complexity index is 282. The van der Waals surface area contributed by atoms with E-state index >= 15 is 0 Å². The molecule has 2 unspecified atom stereocenters. The summed E-state index contributed by atoms with van der Waals surface area (Å²) in [6, 6.07) is 0.0427. The van der Waals surface area contributed by atoms with Crippen molar-refractivity contribution in [3.63, 3.8) is 0 Å². The molecule has 0 aromatic carbocycles. The third-order valence-electron chi connectivity index (χ3n) is 3.89. The normalized spacial score (nSPS) is 23.1. The summed E-state index contributed by atoms with van der Waals surface area (Å²) >= 11 is 0. The monoisotopic (exact) mass is 284 g/mol. The largest absolute Gasteiger partial charge is 0.385 e. The van der Waals surface area contributed by atoms with Gasteiger partial charge in [-0.15, -0.1) is 0 Å². The first-order chi connectivity index (χ1) is 9.60. The van der Waals surface area contributed by atoms with Gasteiger partial charge >= 0.3 is 0 Å². The van der Waals surface area contributed by atoms with E-state index in [1.165, 1.54) is 0 Å².